The van der Waals surface area contributed by atoms with E-state index in [0.717, 1.165) is 77.0 Å². The van der Waals surface area contributed by atoms with Gasteiger partial charge in [0.1, 0.15) is 0 Å². The molecule has 0 bridgehead atoms. The van der Waals surface area contributed by atoms with Gasteiger partial charge in [0, 0.05) is 12.1 Å². The largest absolute Gasteiger partial charge is 0.466 e. The Morgan fingerprint density at radius 3 is 1.30 bits per heavy atom. The fraction of sp³-hybridized carbons (Fsp3) is 1.00. The molecule has 0 aromatic rings. The van der Waals surface area contributed by atoms with Crippen molar-refractivity contribution in [2.24, 2.45) is 5.14 Å². The summed E-state index contributed by atoms with van der Waals surface area (Å²) in [6.07, 6.45) is 14.3. The molecule has 1 atom stereocenters. The van der Waals surface area contributed by atoms with Gasteiger partial charge in [0.05, 0.1) is 0 Å². The van der Waals surface area contributed by atoms with Gasteiger partial charge in [0.2, 0.25) is 10.2 Å². The summed E-state index contributed by atoms with van der Waals surface area (Å²) in [5.41, 5.74) is 0. The molecule has 0 spiro atoms. The zero-order valence-corrected chi connectivity index (χ0v) is 19.8. The van der Waals surface area contributed by atoms with Crippen LogP contribution in [0.15, 0.2) is 0 Å². The second kappa shape index (κ2) is 12.8. The van der Waals surface area contributed by atoms with Crippen molar-refractivity contribution < 1.29 is 35.5 Å². The van der Waals surface area contributed by atoms with E-state index in [1.54, 1.807) is 4.31 Å². The van der Waals surface area contributed by atoms with Gasteiger partial charge in [-0.05, 0) is 25.7 Å². The first-order valence-electron chi connectivity index (χ1n) is 10.4. The van der Waals surface area contributed by atoms with Crippen LogP contribution >= 0.6 is 7.82 Å². The second-order valence-corrected chi connectivity index (χ2v) is 11.8. The Labute approximate surface area is 180 Å². The minimum Gasteiger partial charge on any atom is -0.303 e. The Balaban J connectivity index is 0.000000804. The van der Waals surface area contributed by atoms with Crippen molar-refractivity contribution in [3.8, 4) is 0 Å². The summed E-state index contributed by atoms with van der Waals surface area (Å²) in [6, 6.07) is -0.145. The molecular formula is C16H36N3O8PS2. The Hall–Kier alpha value is -0.110. The summed E-state index contributed by atoms with van der Waals surface area (Å²) in [6.45, 7) is 0. The maximum Gasteiger partial charge on any atom is 0.466 e. The number of nitrogens with zero attached hydrogens (tertiary/aromatic N) is 1. The predicted molar refractivity (Wildman–Crippen MR) is 113 cm³/mol. The van der Waals surface area contributed by atoms with Crippen molar-refractivity contribution in [2.45, 2.75) is 102 Å². The molecule has 0 aromatic heterocycles. The van der Waals surface area contributed by atoms with Gasteiger partial charge in [-0.2, -0.15) is 12.7 Å². The minimum absolute atomic E-state index is 0.0727. The van der Waals surface area contributed by atoms with Crippen molar-refractivity contribution in [3.63, 3.8) is 0 Å². The van der Waals surface area contributed by atoms with Crippen molar-refractivity contribution in [2.75, 3.05) is 0 Å². The first kappa shape index (κ1) is 27.9. The summed E-state index contributed by atoms with van der Waals surface area (Å²) in [5, 5.41) is 4.95. The molecule has 2 rings (SSSR count). The molecule has 180 valence electrons. The lowest BCUT2D eigenvalue weighted by Crippen LogP contribution is -2.48. The number of hydrogen-bond acceptors (Lipinski definition) is 6. The normalized spacial score (nSPS) is 23.2. The average Bonchev–Trinajstić information content (AvgIpc) is 2.46. The number of nitrogens with two attached hydrogens (primary N) is 1. The van der Waals surface area contributed by atoms with E-state index < -0.39 is 28.3 Å². The van der Waals surface area contributed by atoms with Gasteiger partial charge in [-0.1, -0.05) is 64.2 Å². The van der Waals surface area contributed by atoms with Gasteiger partial charge in [0.25, 0.3) is 0 Å². The second-order valence-electron chi connectivity index (χ2n) is 7.91. The van der Waals surface area contributed by atoms with Crippen LogP contribution in [-0.4, -0.2) is 43.7 Å². The predicted octanol–water partition coefficient (Wildman–Crippen LogP) is 2.68. The first-order valence-corrected chi connectivity index (χ1v) is 14.9. The summed E-state index contributed by atoms with van der Waals surface area (Å²) in [4.78, 5) is 21.6. The number of nitrogens with one attached hydrogen (secondary N) is 1. The molecule has 30 heavy (non-hydrogen) atoms. The van der Waals surface area contributed by atoms with Gasteiger partial charge >= 0.3 is 18.1 Å². The maximum absolute atomic E-state index is 13.0. The summed E-state index contributed by atoms with van der Waals surface area (Å²) >= 11 is 0. The molecule has 0 saturated heterocycles. The monoisotopic (exact) mass is 493 g/mol. The fourth-order valence-electron chi connectivity index (χ4n) is 4.23. The number of phosphoric acid groups is 1. The van der Waals surface area contributed by atoms with E-state index in [1.807, 2.05) is 0 Å². The highest BCUT2D eigenvalue weighted by molar-refractivity contribution is 7.98. The summed E-state index contributed by atoms with van der Waals surface area (Å²) < 4.78 is 59.1. The van der Waals surface area contributed by atoms with E-state index in [4.69, 9.17) is 29.2 Å². The van der Waals surface area contributed by atoms with E-state index >= 15 is 0 Å². The minimum atomic E-state index is -4.64. The van der Waals surface area contributed by atoms with Gasteiger partial charge in [-0.3, -0.25) is 0 Å². The van der Waals surface area contributed by atoms with Crippen LogP contribution in [0, 0.1) is 4.78 Å². The zero-order chi connectivity index (χ0) is 22.8. The molecule has 2 aliphatic carbocycles. The molecule has 1 unspecified atom stereocenters. The van der Waals surface area contributed by atoms with Crippen LogP contribution in [0.1, 0.15) is 89.9 Å². The topological polar surface area (TPSA) is 191 Å². The zero-order valence-electron chi connectivity index (χ0n) is 17.2. The van der Waals surface area contributed by atoms with Gasteiger partial charge < -0.3 is 14.7 Å². The number of rotatable bonds is 5. The van der Waals surface area contributed by atoms with E-state index in [0.29, 0.717) is 0 Å². The van der Waals surface area contributed by atoms with E-state index in [1.165, 1.54) is 12.8 Å². The summed E-state index contributed by atoms with van der Waals surface area (Å²) in [5.74, 6) is 0. The van der Waals surface area contributed by atoms with Crippen molar-refractivity contribution in [1.82, 2.24) is 4.31 Å². The van der Waals surface area contributed by atoms with Crippen LogP contribution in [0.5, 0.6) is 0 Å². The highest BCUT2D eigenvalue weighted by atomic mass is 32.3. The third kappa shape index (κ3) is 12.7. The lowest BCUT2D eigenvalue weighted by atomic mass is 9.92. The molecular weight excluding hydrogens is 457 g/mol. The molecule has 2 saturated carbocycles. The van der Waals surface area contributed by atoms with Crippen LogP contribution in [0.25, 0.3) is 0 Å². The molecule has 0 amide bonds. The molecule has 0 heterocycles. The van der Waals surface area contributed by atoms with Crippen LogP contribution in [0.2, 0.25) is 0 Å². The molecule has 2 aliphatic rings. The quantitative estimate of drug-likeness (QED) is 0.361. The Bertz CT molecular complexity index is 710. The molecule has 2 fully saturated rings. The molecule has 0 aliphatic heterocycles. The van der Waals surface area contributed by atoms with Gasteiger partial charge in [-0.15, -0.1) is 3.63 Å². The van der Waals surface area contributed by atoms with Crippen LogP contribution in [0.4, 0.5) is 0 Å². The third-order valence-corrected chi connectivity index (χ3v) is 7.98. The molecule has 0 radical (unpaired) electrons. The highest BCUT2D eigenvalue weighted by Crippen LogP contribution is 2.31. The van der Waals surface area contributed by atoms with Crippen LogP contribution in [-0.2, 0) is 28.7 Å². The fourth-order valence-corrected chi connectivity index (χ4v) is 6.75. The summed E-state index contributed by atoms with van der Waals surface area (Å²) in [7, 11) is -13.0. The van der Waals surface area contributed by atoms with Gasteiger partial charge in [0.15, 0.2) is 0 Å². The number of hydrogen-bond donors (Lipinski definition) is 5. The van der Waals surface area contributed by atoms with E-state index in [-0.39, 0.29) is 12.1 Å². The third-order valence-electron chi connectivity index (χ3n) is 5.33. The van der Waals surface area contributed by atoms with Crippen LogP contribution in [0.3, 0.4) is 0 Å². The van der Waals surface area contributed by atoms with Crippen molar-refractivity contribution in [3.05, 3.63) is 0 Å². The van der Waals surface area contributed by atoms with E-state index in [9.17, 15) is 12.6 Å². The molecule has 0 aromatic carbocycles. The standard InChI is InChI=1S/C16H33N3O4S2.H3O4P/c17-24(20,23-25(18,21)22)19(15-11-7-3-1-4-8-12-15)16-13-9-5-2-6-10-14-16;1-5(2,3)4/h15-17H,1-14H2,(H2,18,21,22);(H3,1,2,3,4). The van der Waals surface area contributed by atoms with Crippen molar-refractivity contribution >= 4 is 28.3 Å². The maximum atomic E-state index is 13.0. The van der Waals surface area contributed by atoms with E-state index in [2.05, 4.69) is 3.63 Å². The average molecular weight is 494 g/mol. The Kier molecular flexibility index (Phi) is 11.9. The molecule has 14 heteroatoms. The molecule has 6 N–H and O–H groups in total. The smallest absolute Gasteiger partial charge is 0.303 e. The lowest BCUT2D eigenvalue weighted by Gasteiger charge is -2.39. The van der Waals surface area contributed by atoms with Gasteiger partial charge in [-0.25, -0.2) is 18.7 Å². The highest BCUT2D eigenvalue weighted by Gasteiger charge is 2.36. The van der Waals surface area contributed by atoms with Crippen LogP contribution < -0.4 is 5.14 Å². The lowest BCUT2D eigenvalue weighted by molar-refractivity contribution is 0.181. The first-order chi connectivity index (χ1) is 13.8. The Morgan fingerprint density at radius 2 is 1.03 bits per heavy atom. The Morgan fingerprint density at radius 1 is 0.767 bits per heavy atom. The SMILES string of the molecule is N=S(=O)(OS(N)(=O)=O)N(C1CCCCCCC1)C1CCCCCCC1.O=P(O)(O)O. The molecule has 11 nitrogen and oxygen atoms in total. The van der Waals surface area contributed by atoms with Crippen molar-refractivity contribution in [1.29, 1.82) is 4.78 Å².